The van der Waals surface area contributed by atoms with Crippen molar-refractivity contribution in [3.63, 3.8) is 0 Å². The predicted molar refractivity (Wildman–Crippen MR) is 103 cm³/mol. The summed E-state index contributed by atoms with van der Waals surface area (Å²) in [7, 11) is 0. The molecule has 1 saturated heterocycles. The van der Waals surface area contributed by atoms with Crippen molar-refractivity contribution >= 4 is 27.5 Å². The van der Waals surface area contributed by atoms with Gasteiger partial charge in [-0.25, -0.2) is 9.97 Å². The molecule has 0 bridgehead atoms. The number of nitrogens with zero attached hydrogens (tertiary/aromatic N) is 3. The molecule has 8 heteroatoms. The Hall–Kier alpha value is -2.45. The number of ether oxygens (including phenoxy) is 1. The lowest BCUT2D eigenvalue weighted by molar-refractivity contribution is 0.0695. The summed E-state index contributed by atoms with van der Waals surface area (Å²) in [6, 6.07) is 6.13. The van der Waals surface area contributed by atoms with E-state index in [-0.39, 0.29) is 12.5 Å². The monoisotopic (exact) mass is 386 g/mol. The molecule has 27 heavy (non-hydrogen) atoms. The molecule has 0 spiro atoms. The van der Waals surface area contributed by atoms with Crippen LogP contribution in [-0.4, -0.2) is 46.5 Å². The number of aryl methyl sites for hydroxylation is 1. The molecule has 142 valence electrons. The quantitative estimate of drug-likeness (QED) is 0.726. The summed E-state index contributed by atoms with van der Waals surface area (Å²) in [5.41, 5.74) is 1.25. The average molecular weight is 386 g/mol. The van der Waals surface area contributed by atoms with Gasteiger partial charge in [0.1, 0.15) is 12.0 Å². The first-order valence-electron chi connectivity index (χ1n) is 9.09. The summed E-state index contributed by atoms with van der Waals surface area (Å²) in [5.74, 6) is 0.992. The van der Waals surface area contributed by atoms with Crippen molar-refractivity contribution in [3.05, 3.63) is 41.1 Å². The van der Waals surface area contributed by atoms with E-state index < -0.39 is 0 Å². The summed E-state index contributed by atoms with van der Waals surface area (Å²) >= 11 is 1.65. The molecule has 1 amide bonds. The van der Waals surface area contributed by atoms with Gasteiger partial charge in [-0.2, -0.15) is 0 Å². The second kappa shape index (κ2) is 7.66. The maximum atomic E-state index is 12.6. The Morgan fingerprint density at radius 1 is 1.44 bits per heavy atom. The first-order chi connectivity index (χ1) is 13.1. The normalized spacial score (nSPS) is 17.4. The van der Waals surface area contributed by atoms with Gasteiger partial charge in [-0.1, -0.05) is 6.92 Å². The Morgan fingerprint density at radius 3 is 3.19 bits per heavy atom. The van der Waals surface area contributed by atoms with Gasteiger partial charge in [0.15, 0.2) is 12.3 Å². The second-order valence-electron chi connectivity index (χ2n) is 6.59. The summed E-state index contributed by atoms with van der Waals surface area (Å²) in [5, 5.41) is 4.43. The molecule has 1 atom stereocenters. The number of thiazole rings is 1. The van der Waals surface area contributed by atoms with Gasteiger partial charge in [-0.05, 0) is 25.5 Å². The average Bonchev–Trinajstić information content (AvgIpc) is 3.31. The number of fused-ring (bicyclic) bond motifs is 1. The molecule has 4 rings (SSSR count). The number of oxazole rings is 1. The Morgan fingerprint density at radius 2 is 2.33 bits per heavy atom. The fourth-order valence-electron chi connectivity index (χ4n) is 3.18. The number of hydrogen-bond donors (Lipinski definition) is 1. The van der Waals surface area contributed by atoms with Crippen molar-refractivity contribution in [1.29, 1.82) is 0 Å². The van der Waals surface area contributed by atoms with Crippen molar-refractivity contribution < 1.29 is 13.9 Å². The summed E-state index contributed by atoms with van der Waals surface area (Å²) in [6.45, 7) is 6.44. The van der Waals surface area contributed by atoms with Crippen LogP contribution in [0, 0.1) is 6.92 Å². The van der Waals surface area contributed by atoms with Crippen molar-refractivity contribution in [2.75, 3.05) is 19.6 Å². The van der Waals surface area contributed by atoms with Crippen LogP contribution < -0.4 is 10.1 Å². The Kier molecular flexibility index (Phi) is 5.09. The molecule has 1 aromatic carbocycles. The maximum Gasteiger partial charge on any atom is 0.275 e. The molecule has 1 aliphatic rings. The molecule has 3 heterocycles. The number of hydrogen-bond acceptors (Lipinski definition) is 7. The van der Waals surface area contributed by atoms with Gasteiger partial charge < -0.3 is 19.4 Å². The molecule has 0 aliphatic carbocycles. The van der Waals surface area contributed by atoms with Crippen molar-refractivity contribution in [1.82, 2.24) is 20.2 Å². The zero-order valence-corrected chi connectivity index (χ0v) is 16.2. The van der Waals surface area contributed by atoms with E-state index in [1.54, 1.807) is 11.3 Å². The van der Waals surface area contributed by atoms with Gasteiger partial charge in [0.2, 0.25) is 5.89 Å². The standard InChI is InChI=1S/C19H22N4O3S/c1-3-13-9-23(7-6-20-13)19(24)16-10-26-18(22-16)11-25-14-4-5-17-15(8-14)21-12(2)27-17/h4-5,8,10,13,20H,3,6-7,9,11H2,1-2H3. The highest BCUT2D eigenvalue weighted by Gasteiger charge is 2.25. The molecule has 1 unspecified atom stereocenters. The highest BCUT2D eigenvalue weighted by atomic mass is 32.1. The number of nitrogens with one attached hydrogen (secondary N) is 1. The van der Waals surface area contributed by atoms with Crippen molar-refractivity contribution in [2.24, 2.45) is 0 Å². The molecule has 0 radical (unpaired) electrons. The van der Waals surface area contributed by atoms with Crippen LogP contribution in [0.2, 0.25) is 0 Å². The van der Waals surface area contributed by atoms with Crippen molar-refractivity contribution in [3.8, 4) is 5.75 Å². The van der Waals surface area contributed by atoms with Crippen LogP contribution in [0.15, 0.2) is 28.9 Å². The number of carbonyl (C=O) groups excluding carboxylic acids is 1. The lowest BCUT2D eigenvalue weighted by Crippen LogP contribution is -2.52. The smallest absolute Gasteiger partial charge is 0.275 e. The number of amides is 1. The molecule has 1 fully saturated rings. The van der Waals surface area contributed by atoms with Crippen LogP contribution in [-0.2, 0) is 6.61 Å². The minimum absolute atomic E-state index is 0.0932. The lowest BCUT2D eigenvalue weighted by Gasteiger charge is -2.32. The van der Waals surface area contributed by atoms with Crippen LogP contribution in [0.5, 0.6) is 5.75 Å². The molecular weight excluding hydrogens is 364 g/mol. The number of aromatic nitrogens is 2. The highest BCUT2D eigenvalue weighted by Crippen LogP contribution is 2.26. The third-order valence-corrected chi connectivity index (χ3v) is 5.59. The van der Waals surface area contributed by atoms with E-state index >= 15 is 0 Å². The number of benzene rings is 1. The van der Waals surface area contributed by atoms with Crippen molar-refractivity contribution in [2.45, 2.75) is 32.9 Å². The number of piperazine rings is 1. The molecule has 1 aliphatic heterocycles. The lowest BCUT2D eigenvalue weighted by atomic mass is 10.1. The van der Waals surface area contributed by atoms with E-state index in [4.69, 9.17) is 9.15 Å². The zero-order valence-electron chi connectivity index (χ0n) is 15.4. The largest absolute Gasteiger partial charge is 0.484 e. The molecule has 3 aromatic rings. The summed E-state index contributed by atoms with van der Waals surface area (Å²) < 4.78 is 12.3. The molecular formula is C19H22N4O3S. The van der Waals surface area contributed by atoms with Crippen LogP contribution >= 0.6 is 11.3 Å². The Bertz CT molecular complexity index is 951. The van der Waals surface area contributed by atoms with E-state index in [2.05, 4.69) is 22.2 Å². The summed E-state index contributed by atoms with van der Waals surface area (Å²) in [6.07, 6.45) is 2.40. The van der Waals surface area contributed by atoms with Gasteiger partial charge in [0.25, 0.3) is 5.91 Å². The van der Waals surface area contributed by atoms with Gasteiger partial charge in [-0.15, -0.1) is 11.3 Å². The SMILES string of the molecule is CCC1CN(C(=O)c2coc(COc3ccc4sc(C)nc4c3)n2)CCN1. The fourth-order valence-corrected chi connectivity index (χ4v) is 3.99. The third kappa shape index (κ3) is 3.96. The molecule has 7 nitrogen and oxygen atoms in total. The van der Waals surface area contributed by atoms with Gasteiger partial charge in [0, 0.05) is 31.7 Å². The summed E-state index contributed by atoms with van der Waals surface area (Å²) in [4.78, 5) is 23.2. The highest BCUT2D eigenvalue weighted by molar-refractivity contribution is 7.18. The van der Waals surface area contributed by atoms with Crippen LogP contribution in [0.25, 0.3) is 10.2 Å². The van der Waals surface area contributed by atoms with E-state index in [1.807, 2.05) is 30.0 Å². The molecule has 1 N–H and O–H groups in total. The van der Waals surface area contributed by atoms with E-state index in [0.29, 0.717) is 36.5 Å². The van der Waals surface area contributed by atoms with Gasteiger partial charge >= 0.3 is 0 Å². The van der Waals surface area contributed by atoms with Gasteiger partial charge in [-0.3, -0.25) is 4.79 Å². The van der Waals surface area contributed by atoms with E-state index in [0.717, 1.165) is 28.2 Å². The number of carbonyl (C=O) groups is 1. The number of rotatable bonds is 5. The second-order valence-corrected chi connectivity index (χ2v) is 7.82. The predicted octanol–water partition coefficient (Wildman–Crippen LogP) is 3.00. The first-order valence-corrected chi connectivity index (χ1v) is 9.91. The Labute approximate surface area is 161 Å². The first kappa shape index (κ1) is 17.9. The topological polar surface area (TPSA) is 80.5 Å². The molecule has 2 aromatic heterocycles. The minimum Gasteiger partial charge on any atom is -0.484 e. The van der Waals surface area contributed by atoms with Gasteiger partial charge in [0.05, 0.1) is 15.2 Å². The molecule has 0 saturated carbocycles. The van der Waals surface area contributed by atoms with Crippen LogP contribution in [0.4, 0.5) is 0 Å². The Balaban J connectivity index is 1.39. The maximum absolute atomic E-state index is 12.6. The fraction of sp³-hybridized carbons (Fsp3) is 0.421. The van der Waals surface area contributed by atoms with Crippen LogP contribution in [0.3, 0.4) is 0 Å². The van der Waals surface area contributed by atoms with E-state index in [9.17, 15) is 4.79 Å². The third-order valence-electron chi connectivity index (χ3n) is 4.63. The van der Waals surface area contributed by atoms with E-state index in [1.165, 1.54) is 6.26 Å². The zero-order chi connectivity index (χ0) is 18.8. The van der Waals surface area contributed by atoms with Crippen LogP contribution in [0.1, 0.15) is 34.7 Å². The minimum atomic E-state index is -0.0932.